The maximum Gasteiger partial charge on any atom is 0.213 e. The molecule has 0 unspecified atom stereocenters. The van der Waals surface area contributed by atoms with Crippen LogP contribution in [0.2, 0.25) is 0 Å². The second-order valence-electron chi connectivity index (χ2n) is 7.33. The predicted molar refractivity (Wildman–Crippen MR) is 116 cm³/mol. The summed E-state index contributed by atoms with van der Waals surface area (Å²) in [6.07, 6.45) is 10.4. The van der Waals surface area contributed by atoms with E-state index in [9.17, 15) is 4.79 Å². The first-order chi connectivity index (χ1) is 14.2. The summed E-state index contributed by atoms with van der Waals surface area (Å²) in [7, 11) is 0. The number of benzene rings is 1. The van der Waals surface area contributed by atoms with Crippen molar-refractivity contribution in [2.24, 2.45) is 0 Å². The van der Waals surface area contributed by atoms with Crippen LogP contribution < -0.4 is 4.74 Å². The number of rotatable bonds is 9. The van der Waals surface area contributed by atoms with Crippen molar-refractivity contribution in [1.29, 1.82) is 0 Å². The van der Waals surface area contributed by atoms with Gasteiger partial charge in [-0.2, -0.15) is 0 Å². The van der Waals surface area contributed by atoms with Crippen LogP contribution in [0.1, 0.15) is 39.0 Å². The lowest BCUT2D eigenvalue weighted by Gasteiger charge is -2.06. The third kappa shape index (κ3) is 4.45. The van der Waals surface area contributed by atoms with Crippen LogP contribution in [0.5, 0.6) is 5.88 Å². The van der Waals surface area contributed by atoms with Crippen molar-refractivity contribution in [3.8, 4) is 17.0 Å². The molecule has 0 aliphatic carbocycles. The van der Waals surface area contributed by atoms with E-state index in [0.29, 0.717) is 12.3 Å². The van der Waals surface area contributed by atoms with E-state index >= 15 is 0 Å². The zero-order valence-electron chi connectivity index (χ0n) is 16.6. The quantitative estimate of drug-likeness (QED) is 0.374. The number of H-pyrrole nitrogens is 1. The number of hydrogen-bond acceptors (Lipinski definition) is 4. The summed E-state index contributed by atoms with van der Waals surface area (Å²) in [5.41, 5.74) is 4.22. The van der Waals surface area contributed by atoms with Gasteiger partial charge in [0.15, 0.2) is 5.78 Å². The number of ether oxygens (including phenoxy) is 1. The molecule has 0 amide bonds. The molecule has 29 heavy (non-hydrogen) atoms. The van der Waals surface area contributed by atoms with Crippen molar-refractivity contribution in [2.75, 3.05) is 6.61 Å². The molecule has 0 saturated heterocycles. The van der Waals surface area contributed by atoms with Gasteiger partial charge in [-0.15, -0.1) is 0 Å². The fraction of sp³-hybridized carbons (Fsp3) is 0.292. The van der Waals surface area contributed by atoms with E-state index in [0.717, 1.165) is 45.8 Å². The molecule has 0 bridgehead atoms. The minimum atomic E-state index is 0.0908. The maximum atomic E-state index is 11.9. The Bertz CT molecular complexity index is 1120. The number of unbranched alkanes of at least 4 members (excludes halogenated alkanes) is 3. The summed E-state index contributed by atoms with van der Waals surface area (Å²) in [6, 6.07) is 12.1. The van der Waals surface area contributed by atoms with Gasteiger partial charge in [0.05, 0.1) is 0 Å². The molecule has 5 nitrogen and oxygen atoms in total. The Morgan fingerprint density at radius 1 is 0.966 bits per heavy atom. The SMILES string of the molecule is CCCCCCC(=O)COc1ccc(-c2ccc3c(c2)[nH]c2ccncc23)cn1. The van der Waals surface area contributed by atoms with Crippen LogP contribution in [0.3, 0.4) is 0 Å². The molecule has 0 radical (unpaired) electrons. The van der Waals surface area contributed by atoms with Gasteiger partial charge in [-0.05, 0) is 30.2 Å². The van der Waals surface area contributed by atoms with Crippen LogP contribution in [0.15, 0.2) is 55.0 Å². The van der Waals surface area contributed by atoms with E-state index in [4.69, 9.17) is 4.74 Å². The van der Waals surface area contributed by atoms with Gasteiger partial charge in [0, 0.05) is 58.4 Å². The molecule has 148 valence electrons. The van der Waals surface area contributed by atoms with E-state index in [1.165, 1.54) is 12.8 Å². The van der Waals surface area contributed by atoms with Crippen molar-refractivity contribution >= 4 is 27.6 Å². The average Bonchev–Trinajstić information content (AvgIpc) is 3.13. The number of aromatic nitrogens is 3. The van der Waals surface area contributed by atoms with Gasteiger partial charge < -0.3 is 9.72 Å². The molecule has 1 N–H and O–H groups in total. The zero-order chi connectivity index (χ0) is 20.1. The highest BCUT2D eigenvalue weighted by molar-refractivity contribution is 6.07. The van der Waals surface area contributed by atoms with E-state index in [-0.39, 0.29) is 12.4 Å². The van der Waals surface area contributed by atoms with Crippen molar-refractivity contribution in [2.45, 2.75) is 39.0 Å². The summed E-state index contributed by atoms with van der Waals surface area (Å²) in [4.78, 5) is 23.9. The van der Waals surface area contributed by atoms with Crippen LogP contribution in [0.25, 0.3) is 32.9 Å². The molecule has 0 fully saturated rings. The van der Waals surface area contributed by atoms with E-state index in [1.807, 2.05) is 24.4 Å². The predicted octanol–water partition coefficient (Wildman–Crippen LogP) is 5.70. The van der Waals surface area contributed by atoms with E-state index in [1.54, 1.807) is 12.4 Å². The highest BCUT2D eigenvalue weighted by atomic mass is 16.5. The number of aromatic amines is 1. The third-order valence-electron chi connectivity index (χ3n) is 5.16. The van der Waals surface area contributed by atoms with Crippen molar-refractivity contribution < 1.29 is 9.53 Å². The second kappa shape index (κ2) is 8.86. The fourth-order valence-electron chi connectivity index (χ4n) is 3.54. The monoisotopic (exact) mass is 387 g/mol. The molecule has 0 saturated carbocycles. The largest absolute Gasteiger partial charge is 0.470 e. The number of nitrogens with one attached hydrogen (secondary N) is 1. The molecular formula is C24H25N3O2. The average molecular weight is 387 g/mol. The molecule has 3 aromatic heterocycles. The molecule has 1 aromatic carbocycles. The summed E-state index contributed by atoms with van der Waals surface area (Å²) < 4.78 is 5.55. The Kier molecular flexibility index (Phi) is 5.84. The van der Waals surface area contributed by atoms with Crippen molar-refractivity contribution in [3.63, 3.8) is 0 Å². The van der Waals surface area contributed by atoms with Gasteiger partial charge in [-0.3, -0.25) is 9.78 Å². The maximum absolute atomic E-state index is 11.9. The van der Waals surface area contributed by atoms with Crippen LogP contribution in [0, 0.1) is 0 Å². The summed E-state index contributed by atoms with van der Waals surface area (Å²) in [5.74, 6) is 0.610. The Labute approximate surface area is 170 Å². The summed E-state index contributed by atoms with van der Waals surface area (Å²) >= 11 is 0. The lowest BCUT2D eigenvalue weighted by Crippen LogP contribution is -2.11. The lowest BCUT2D eigenvalue weighted by molar-refractivity contribution is -0.121. The molecule has 0 aliphatic rings. The minimum absolute atomic E-state index is 0.0908. The Hall–Kier alpha value is -3.21. The zero-order valence-corrected chi connectivity index (χ0v) is 16.6. The first-order valence-electron chi connectivity index (χ1n) is 10.2. The molecule has 5 heteroatoms. The first-order valence-corrected chi connectivity index (χ1v) is 10.2. The highest BCUT2D eigenvalue weighted by Crippen LogP contribution is 2.29. The Morgan fingerprint density at radius 2 is 1.86 bits per heavy atom. The number of nitrogens with zero attached hydrogens (tertiary/aromatic N) is 2. The summed E-state index contributed by atoms with van der Waals surface area (Å²) in [6.45, 7) is 2.25. The fourth-order valence-corrected chi connectivity index (χ4v) is 3.54. The minimum Gasteiger partial charge on any atom is -0.470 e. The van der Waals surface area contributed by atoms with Crippen LogP contribution in [0.4, 0.5) is 0 Å². The normalized spacial score (nSPS) is 11.2. The number of pyridine rings is 2. The third-order valence-corrected chi connectivity index (χ3v) is 5.16. The van der Waals surface area contributed by atoms with E-state index < -0.39 is 0 Å². The molecule has 3 heterocycles. The number of carbonyl (C=O) groups is 1. The molecule has 4 rings (SSSR count). The Morgan fingerprint density at radius 3 is 2.69 bits per heavy atom. The van der Waals surface area contributed by atoms with Gasteiger partial charge in [0.2, 0.25) is 5.88 Å². The summed E-state index contributed by atoms with van der Waals surface area (Å²) in [5, 5.41) is 2.28. The highest BCUT2D eigenvalue weighted by Gasteiger charge is 2.08. The first kappa shape index (κ1) is 19.1. The number of Topliss-reactive ketones (excluding diaryl/α,β-unsaturated/α-hetero) is 1. The van der Waals surface area contributed by atoms with Gasteiger partial charge in [0.25, 0.3) is 0 Å². The van der Waals surface area contributed by atoms with Gasteiger partial charge >= 0.3 is 0 Å². The van der Waals surface area contributed by atoms with Crippen LogP contribution >= 0.6 is 0 Å². The van der Waals surface area contributed by atoms with Gasteiger partial charge in [-0.1, -0.05) is 38.3 Å². The number of fused-ring (bicyclic) bond motifs is 3. The molecule has 0 aliphatic heterocycles. The standard InChI is InChI=1S/C24H25N3O2/c1-2-3-4-5-6-19(28)16-29-24-10-8-18(14-26-24)17-7-9-20-21-15-25-12-11-22(21)27-23(20)13-17/h7-15,27H,2-6,16H2,1H3. The molecule has 4 aromatic rings. The van der Waals surface area contributed by atoms with Crippen molar-refractivity contribution in [1.82, 2.24) is 15.0 Å². The number of hydrogen-bond donors (Lipinski definition) is 1. The Balaban J connectivity index is 1.41. The smallest absolute Gasteiger partial charge is 0.213 e. The van der Waals surface area contributed by atoms with Gasteiger partial charge in [0.1, 0.15) is 6.61 Å². The lowest BCUT2D eigenvalue weighted by atomic mass is 10.1. The second-order valence-corrected chi connectivity index (χ2v) is 7.33. The van der Waals surface area contributed by atoms with Gasteiger partial charge in [-0.25, -0.2) is 4.98 Å². The van der Waals surface area contributed by atoms with E-state index in [2.05, 4.69) is 40.1 Å². The molecular weight excluding hydrogens is 362 g/mol. The van der Waals surface area contributed by atoms with Crippen LogP contribution in [-0.4, -0.2) is 27.3 Å². The topological polar surface area (TPSA) is 67.9 Å². The molecule has 0 spiro atoms. The number of carbonyl (C=O) groups excluding carboxylic acids is 1. The van der Waals surface area contributed by atoms with Crippen molar-refractivity contribution in [3.05, 3.63) is 55.0 Å². The number of ketones is 1. The molecule has 0 atom stereocenters. The van der Waals surface area contributed by atoms with Crippen LogP contribution in [-0.2, 0) is 4.79 Å².